The second kappa shape index (κ2) is 8.44. The van der Waals surface area contributed by atoms with Crippen molar-refractivity contribution in [3.63, 3.8) is 0 Å². The van der Waals surface area contributed by atoms with Crippen LogP contribution < -0.4 is 5.32 Å². The fraction of sp³-hybridized carbons (Fsp3) is 0.471. The number of sulfone groups is 1. The fourth-order valence-electron chi connectivity index (χ4n) is 3.00. The summed E-state index contributed by atoms with van der Waals surface area (Å²) in [4.78, 5) is 16.7. The second-order valence-electron chi connectivity index (χ2n) is 6.22. The third kappa shape index (κ3) is 5.64. The molecule has 0 bridgehead atoms. The third-order valence-corrected chi connectivity index (χ3v) is 7.83. The standard InChI is InChI=1S/C17H22N2O3S3/c20-17(18-7-5-15-3-1-8-23-15)12-19(11-16-4-2-9-24-16)14-6-10-25(21,22)13-14/h1-4,8-9,14H,5-7,10-13H2,(H,18,20)/t14-/m1/s1. The first-order valence-electron chi connectivity index (χ1n) is 8.28. The summed E-state index contributed by atoms with van der Waals surface area (Å²) < 4.78 is 23.6. The van der Waals surface area contributed by atoms with E-state index in [-0.39, 0.29) is 30.0 Å². The van der Waals surface area contributed by atoms with Crippen LogP contribution in [0.5, 0.6) is 0 Å². The Kier molecular flexibility index (Phi) is 6.27. The Balaban J connectivity index is 1.55. The highest BCUT2D eigenvalue weighted by Gasteiger charge is 2.33. The van der Waals surface area contributed by atoms with E-state index >= 15 is 0 Å². The first kappa shape index (κ1) is 18.6. The van der Waals surface area contributed by atoms with Gasteiger partial charge in [-0.25, -0.2) is 8.42 Å². The molecule has 1 atom stereocenters. The second-order valence-corrected chi connectivity index (χ2v) is 10.5. The topological polar surface area (TPSA) is 66.5 Å². The number of nitrogens with one attached hydrogen (secondary N) is 1. The van der Waals surface area contributed by atoms with Crippen LogP contribution in [0.25, 0.3) is 0 Å². The molecule has 0 aliphatic carbocycles. The average molecular weight is 399 g/mol. The molecule has 1 N–H and O–H groups in total. The molecule has 1 amide bonds. The molecule has 0 saturated carbocycles. The molecule has 0 spiro atoms. The van der Waals surface area contributed by atoms with Crippen molar-refractivity contribution in [1.29, 1.82) is 0 Å². The van der Waals surface area contributed by atoms with Crippen molar-refractivity contribution in [2.24, 2.45) is 0 Å². The molecule has 2 aromatic heterocycles. The minimum atomic E-state index is -2.97. The van der Waals surface area contributed by atoms with Crippen molar-refractivity contribution in [2.75, 3.05) is 24.6 Å². The Bertz CT molecular complexity index is 770. The summed E-state index contributed by atoms with van der Waals surface area (Å²) in [6.45, 7) is 1.47. The zero-order chi connectivity index (χ0) is 17.7. The number of rotatable bonds is 8. The summed E-state index contributed by atoms with van der Waals surface area (Å²) in [5.41, 5.74) is 0. The molecule has 8 heteroatoms. The molecular formula is C17H22N2O3S3. The number of hydrogen-bond acceptors (Lipinski definition) is 6. The lowest BCUT2D eigenvalue weighted by Gasteiger charge is -2.26. The molecule has 0 aromatic carbocycles. The maximum Gasteiger partial charge on any atom is 0.234 e. The SMILES string of the molecule is O=C(CN(Cc1cccs1)[C@@H]1CCS(=O)(=O)C1)NCCc1cccs1. The van der Waals surface area contributed by atoms with Crippen LogP contribution in [0.1, 0.15) is 16.2 Å². The van der Waals surface area contributed by atoms with E-state index in [4.69, 9.17) is 0 Å². The van der Waals surface area contributed by atoms with Crippen LogP contribution in [0.4, 0.5) is 0 Å². The number of carbonyl (C=O) groups excluding carboxylic acids is 1. The molecule has 0 unspecified atom stereocenters. The van der Waals surface area contributed by atoms with E-state index in [0.717, 1.165) is 11.3 Å². The molecule has 3 rings (SSSR count). The normalized spacial score (nSPS) is 19.3. The van der Waals surface area contributed by atoms with Crippen LogP contribution in [0.15, 0.2) is 35.0 Å². The Morgan fingerprint density at radius 3 is 2.52 bits per heavy atom. The first-order chi connectivity index (χ1) is 12.0. The Labute approximate surface area is 156 Å². The van der Waals surface area contributed by atoms with Gasteiger partial charge in [0, 0.05) is 28.9 Å². The molecule has 2 aromatic rings. The van der Waals surface area contributed by atoms with E-state index in [2.05, 4.69) is 11.4 Å². The van der Waals surface area contributed by atoms with Gasteiger partial charge in [-0.1, -0.05) is 12.1 Å². The number of carbonyl (C=O) groups is 1. The summed E-state index contributed by atoms with van der Waals surface area (Å²) in [6, 6.07) is 7.99. The van der Waals surface area contributed by atoms with Gasteiger partial charge in [0.15, 0.2) is 9.84 Å². The molecular weight excluding hydrogens is 376 g/mol. The molecule has 1 aliphatic rings. The van der Waals surface area contributed by atoms with Crippen molar-refractivity contribution >= 4 is 38.4 Å². The van der Waals surface area contributed by atoms with Gasteiger partial charge >= 0.3 is 0 Å². The van der Waals surface area contributed by atoms with Crippen LogP contribution in [-0.2, 0) is 27.6 Å². The summed E-state index contributed by atoms with van der Waals surface area (Å²) in [6.07, 6.45) is 1.43. The highest BCUT2D eigenvalue weighted by atomic mass is 32.2. The van der Waals surface area contributed by atoms with Gasteiger partial charge in [-0.3, -0.25) is 9.69 Å². The van der Waals surface area contributed by atoms with E-state index in [0.29, 0.717) is 19.5 Å². The monoisotopic (exact) mass is 398 g/mol. The molecule has 25 heavy (non-hydrogen) atoms. The Morgan fingerprint density at radius 1 is 1.20 bits per heavy atom. The maximum atomic E-state index is 12.3. The fourth-order valence-corrected chi connectivity index (χ4v) is 6.20. The third-order valence-electron chi connectivity index (χ3n) is 4.28. The lowest BCUT2D eigenvalue weighted by molar-refractivity contribution is -0.122. The molecule has 1 saturated heterocycles. The van der Waals surface area contributed by atoms with E-state index in [1.165, 1.54) is 4.88 Å². The molecule has 5 nitrogen and oxygen atoms in total. The summed E-state index contributed by atoms with van der Waals surface area (Å²) in [7, 11) is -2.97. The van der Waals surface area contributed by atoms with Crippen molar-refractivity contribution < 1.29 is 13.2 Å². The largest absolute Gasteiger partial charge is 0.355 e. The molecule has 0 radical (unpaired) electrons. The van der Waals surface area contributed by atoms with E-state index in [1.807, 2.05) is 33.9 Å². The predicted molar refractivity (Wildman–Crippen MR) is 103 cm³/mol. The van der Waals surface area contributed by atoms with Crippen molar-refractivity contribution in [3.05, 3.63) is 44.8 Å². The van der Waals surface area contributed by atoms with Crippen molar-refractivity contribution in [2.45, 2.75) is 25.4 Å². The van der Waals surface area contributed by atoms with E-state index < -0.39 is 9.84 Å². The van der Waals surface area contributed by atoms with Crippen molar-refractivity contribution in [3.8, 4) is 0 Å². The summed E-state index contributed by atoms with van der Waals surface area (Å²) in [5.74, 6) is 0.330. The smallest absolute Gasteiger partial charge is 0.234 e. The first-order valence-corrected chi connectivity index (χ1v) is 11.9. The number of hydrogen-bond donors (Lipinski definition) is 1. The zero-order valence-corrected chi connectivity index (χ0v) is 16.3. The van der Waals surface area contributed by atoms with Crippen LogP contribution in [0.3, 0.4) is 0 Å². The lowest BCUT2D eigenvalue weighted by atomic mass is 10.2. The maximum absolute atomic E-state index is 12.3. The van der Waals surface area contributed by atoms with Gasteiger partial charge < -0.3 is 5.32 Å². The van der Waals surface area contributed by atoms with Crippen LogP contribution in [0, 0.1) is 0 Å². The summed E-state index contributed by atoms with van der Waals surface area (Å²) in [5, 5.41) is 6.98. The number of thiophene rings is 2. The van der Waals surface area contributed by atoms with Gasteiger partial charge in [-0.2, -0.15) is 0 Å². The van der Waals surface area contributed by atoms with E-state index in [1.54, 1.807) is 22.7 Å². The summed E-state index contributed by atoms with van der Waals surface area (Å²) >= 11 is 3.32. The van der Waals surface area contributed by atoms with Crippen molar-refractivity contribution in [1.82, 2.24) is 10.2 Å². The van der Waals surface area contributed by atoms with Gasteiger partial charge in [-0.15, -0.1) is 22.7 Å². The van der Waals surface area contributed by atoms with Crippen LogP contribution in [0.2, 0.25) is 0 Å². The molecule has 1 fully saturated rings. The zero-order valence-electron chi connectivity index (χ0n) is 13.9. The minimum Gasteiger partial charge on any atom is -0.355 e. The van der Waals surface area contributed by atoms with Gasteiger partial charge in [0.1, 0.15) is 0 Å². The average Bonchev–Trinajstić information content (AvgIpc) is 3.28. The predicted octanol–water partition coefficient (Wildman–Crippen LogP) is 2.16. The molecule has 3 heterocycles. The lowest BCUT2D eigenvalue weighted by Crippen LogP contribution is -2.43. The quantitative estimate of drug-likeness (QED) is 0.740. The number of nitrogens with zero attached hydrogens (tertiary/aromatic N) is 1. The highest BCUT2D eigenvalue weighted by molar-refractivity contribution is 7.91. The minimum absolute atomic E-state index is 0.0441. The Morgan fingerprint density at radius 2 is 1.92 bits per heavy atom. The highest BCUT2D eigenvalue weighted by Crippen LogP contribution is 2.21. The molecule has 1 aliphatic heterocycles. The molecule has 136 valence electrons. The van der Waals surface area contributed by atoms with Gasteiger partial charge in [0.05, 0.1) is 18.1 Å². The van der Waals surface area contributed by atoms with Crippen LogP contribution in [-0.4, -0.2) is 49.9 Å². The van der Waals surface area contributed by atoms with Crippen LogP contribution >= 0.6 is 22.7 Å². The Hall–Kier alpha value is -1.22. The van der Waals surface area contributed by atoms with Gasteiger partial charge in [-0.05, 0) is 35.7 Å². The van der Waals surface area contributed by atoms with Gasteiger partial charge in [0.2, 0.25) is 5.91 Å². The van der Waals surface area contributed by atoms with Gasteiger partial charge in [0.25, 0.3) is 0 Å². The van der Waals surface area contributed by atoms with E-state index in [9.17, 15) is 13.2 Å². The number of amides is 1.